The van der Waals surface area contributed by atoms with Crippen molar-refractivity contribution in [3.8, 4) is 0 Å². The van der Waals surface area contributed by atoms with E-state index in [1.807, 2.05) is 0 Å². The number of alkyl halides is 3. The number of rotatable bonds is 2. The van der Waals surface area contributed by atoms with Crippen molar-refractivity contribution in [2.24, 2.45) is 0 Å². The maximum atomic E-state index is 13.7. The summed E-state index contributed by atoms with van der Waals surface area (Å²) >= 11 is 0. The first-order valence-corrected chi connectivity index (χ1v) is 6.80. The molecule has 0 unspecified atom stereocenters. The van der Waals surface area contributed by atoms with Crippen LogP contribution in [0.3, 0.4) is 0 Å². The molecule has 0 atom stereocenters. The zero-order valence-corrected chi connectivity index (χ0v) is 11.8. The third-order valence-corrected chi connectivity index (χ3v) is 3.49. The van der Waals surface area contributed by atoms with Crippen LogP contribution in [0, 0.1) is 5.82 Å². The minimum Gasteiger partial charge on any atom is -0.353 e. The van der Waals surface area contributed by atoms with Crippen molar-refractivity contribution >= 4 is 11.6 Å². The van der Waals surface area contributed by atoms with Crippen molar-refractivity contribution in [3.05, 3.63) is 36.4 Å². The van der Waals surface area contributed by atoms with E-state index in [0.29, 0.717) is 26.2 Å². The molecule has 0 N–H and O–H groups in total. The maximum Gasteiger partial charge on any atom is 0.433 e. The average Bonchev–Trinajstić information content (AvgIpc) is 2.55. The van der Waals surface area contributed by atoms with Gasteiger partial charge in [0.05, 0.1) is 6.20 Å². The van der Waals surface area contributed by atoms with Gasteiger partial charge in [-0.1, -0.05) is 0 Å². The molecule has 0 amide bonds. The van der Waals surface area contributed by atoms with Gasteiger partial charge in [-0.15, -0.1) is 0 Å². The Morgan fingerprint density at radius 1 is 0.913 bits per heavy atom. The van der Waals surface area contributed by atoms with E-state index in [1.54, 1.807) is 9.80 Å². The van der Waals surface area contributed by atoms with Gasteiger partial charge in [-0.05, 0) is 0 Å². The Morgan fingerprint density at radius 3 is 2.26 bits per heavy atom. The van der Waals surface area contributed by atoms with Crippen molar-refractivity contribution < 1.29 is 17.6 Å². The van der Waals surface area contributed by atoms with Gasteiger partial charge in [0.25, 0.3) is 0 Å². The van der Waals surface area contributed by atoms with Crippen molar-refractivity contribution in [2.45, 2.75) is 6.18 Å². The van der Waals surface area contributed by atoms with Gasteiger partial charge in [-0.3, -0.25) is 0 Å². The van der Waals surface area contributed by atoms with E-state index in [9.17, 15) is 17.6 Å². The van der Waals surface area contributed by atoms with E-state index in [-0.39, 0.29) is 11.6 Å². The molecule has 3 heterocycles. The Labute approximate surface area is 128 Å². The Hall–Kier alpha value is -2.52. The summed E-state index contributed by atoms with van der Waals surface area (Å²) in [4.78, 5) is 18.0. The minimum atomic E-state index is -4.51. The molecule has 122 valence electrons. The number of hydrogen-bond acceptors (Lipinski definition) is 6. The van der Waals surface area contributed by atoms with E-state index in [2.05, 4.69) is 19.9 Å². The van der Waals surface area contributed by atoms with Gasteiger partial charge in [-0.2, -0.15) is 13.2 Å². The zero-order valence-electron chi connectivity index (χ0n) is 11.8. The molecule has 1 fully saturated rings. The van der Waals surface area contributed by atoms with Gasteiger partial charge in [0.1, 0.15) is 24.2 Å². The van der Waals surface area contributed by atoms with Crippen LogP contribution in [0.25, 0.3) is 0 Å². The number of piperazine rings is 1. The molecule has 6 nitrogen and oxygen atoms in total. The summed E-state index contributed by atoms with van der Waals surface area (Å²) in [6, 6.07) is 0.918. The third-order valence-electron chi connectivity index (χ3n) is 3.49. The average molecular weight is 328 g/mol. The van der Waals surface area contributed by atoms with Crippen LogP contribution in [-0.2, 0) is 6.18 Å². The number of halogens is 4. The Bertz CT molecular complexity index is 684. The highest BCUT2D eigenvalue weighted by Gasteiger charge is 2.33. The molecule has 0 bridgehead atoms. The van der Waals surface area contributed by atoms with Crippen molar-refractivity contribution in [3.63, 3.8) is 0 Å². The van der Waals surface area contributed by atoms with Gasteiger partial charge in [-0.25, -0.2) is 24.3 Å². The van der Waals surface area contributed by atoms with Crippen LogP contribution in [0.2, 0.25) is 0 Å². The summed E-state index contributed by atoms with van der Waals surface area (Å²) in [5, 5.41) is 0. The molecule has 0 aliphatic carbocycles. The number of aromatic nitrogens is 4. The van der Waals surface area contributed by atoms with E-state index in [4.69, 9.17) is 0 Å². The Morgan fingerprint density at radius 2 is 1.61 bits per heavy atom. The first kappa shape index (κ1) is 15.4. The topological polar surface area (TPSA) is 58.0 Å². The van der Waals surface area contributed by atoms with Gasteiger partial charge in [0, 0.05) is 32.2 Å². The van der Waals surface area contributed by atoms with E-state index < -0.39 is 17.7 Å². The monoisotopic (exact) mass is 328 g/mol. The van der Waals surface area contributed by atoms with Gasteiger partial charge < -0.3 is 9.80 Å². The van der Waals surface area contributed by atoms with Crippen LogP contribution in [0.1, 0.15) is 5.69 Å². The summed E-state index contributed by atoms with van der Waals surface area (Å²) < 4.78 is 51.7. The lowest BCUT2D eigenvalue weighted by Crippen LogP contribution is -2.47. The lowest BCUT2D eigenvalue weighted by atomic mass is 10.3. The summed E-state index contributed by atoms with van der Waals surface area (Å²) in [5.74, 6) is -0.129. The van der Waals surface area contributed by atoms with Gasteiger partial charge in [0.15, 0.2) is 11.6 Å². The molecule has 1 aliphatic rings. The standard InChI is InChI=1S/C13H12F4N6/c14-9-6-18-7-21-12(9)23-3-1-22(2-4-23)11-5-10(13(15,16)17)19-8-20-11/h5-8H,1-4H2. The molecule has 2 aromatic rings. The fraction of sp³-hybridized carbons (Fsp3) is 0.385. The van der Waals surface area contributed by atoms with Crippen LogP contribution in [0.15, 0.2) is 24.9 Å². The molecule has 3 rings (SSSR count). The third kappa shape index (κ3) is 3.30. The van der Waals surface area contributed by atoms with E-state index in [0.717, 1.165) is 18.6 Å². The lowest BCUT2D eigenvalue weighted by molar-refractivity contribution is -0.141. The lowest BCUT2D eigenvalue weighted by Gasteiger charge is -2.36. The van der Waals surface area contributed by atoms with Crippen LogP contribution >= 0.6 is 0 Å². The SMILES string of the molecule is Fc1cncnc1N1CCN(c2cc(C(F)(F)F)ncn2)CC1. The van der Waals surface area contributed by atoms with E-state index in [1.165, 1.54) is 6.33 Å². The molecule has 1 saturated heterocycles. The molecule has 10 heteroatoms. The van der Waals surface area contributed by atoms with Gasteiger partial charge in [0.2, 0.25) is 0 Å². The first-order chi connectivity index (χ1) is 10.9. The Kier molecular flexibility index (Phi) is 3.97. The number of nitrogens with zero attached hydrogens (tertiary/aromatic N) is 6. The molecule has 0 radical (unpaired) electrons. The van der Waals surface area contributed by atoms with Crippen molar-refractivity contribution in [1.29, 1.82) is 0 Å². The molecular weight excluding hydrogens is 316 g/mol. The van der Waals surface area contributed by atoms with Crippen LogP contribution in [-0.4, -0.2) is 46.1 Å². The van der Waals surface area contributed by atoms with Crippen molar-refractivity contribution in [1.82, 2.24) is 19.9 Å². The first-order valence-electron chi connectivity index (χ1n) is 6.80. The number of anilines is 2. The van der Waals surface area contributed by atoms with Crippen LogP contribution in [0.5, 0.6) is 0 Å². The highest BCUT2D eigenvalue weighted by Crippen LogP contribution is 2.29. The quantitative estimate of drug-likeness (QED) is 0.783. The molecular formula is C13H12F4N6. The highest BCUT2D eigenvalue weighted by atomic mass is 19.4. The fourth-order valence-corrected chi connectivity index (χ4v) is 2.36. The molecule has 0 spiro atoms. The second-order valence-electron chi connectivity index (χ2n) is 4.93. The second-order valence-corrected chi connectivity index (χ2v) is 4.93. The van der Waals surface area contributed by atoms with E-state index >= 15 is 0 Å². The summed E-state index contributed by atoms with van der Waals surface area (Å²) in [6.45, 7) is 1.63. The number of hydrogen-bond donors (Lipinski definition) is 0. The molecule has 1 aliphatic heterocycles. The van der Waals surface area contributed by atoms with Crippen LogP contribution in [0.4, 0.5) is 29.2 Å². The molecule has 0 saturated carbocycles. The predicted molar refractivity (Wildman–Crippen MR) is 73.5 cm³/mol. The highest BCUT2D eigenvalue weighted by molar-refractivity contribution is 5.45. The molecule has 23 heavy (non-hydrogen) atoms. The Balaban J connectivity index is 1.71. The summed E-state index contributed by atoms with van der Waals surface area (Å²) in [7, 11) is 0. The van der Waals surface area contributed by atoms with Gasteiger partial charge >= 0.3 is 6.18 Å². The summed E-state index contributed by atoms with van der Waals surface area (Å²) in [5.41, 5.74) is -0.980. The maximum absolute atomic E-state index is 13.7. The fourth-order valence-electron chi connectivity index (χ4n) is 2.36. The summed E-state index contributed by atoms with van der Waals surface area (Å²) in [6.07, 6.45) is -1.28. The molecule has 0 aromatic carbocycles. The normalized spacial score (nSPS) is 15.8. The minimum absolute atomic E-state index is 0.193. The largest absolute Gasteiger partial charge is 0.433 e. The van der Waals surface area contributed by atoms with Crippen molar-refractivity contribution in [2.75, 3.05) is 36.0 Å². The van der Waals surface area contributed by atoms with Crippen LogP contribution < -0.4 is 9.80 Å². The second kappa shape index (κ2) is 5.94. The smallest absolute Gasteiger partial charge is 0.353 e. The molecule has 2 aromatic heterocycles. The zero-order chi connectivity index (χ0) is 16.4. The predicted octanol–water partition coefficient (Wildman–Crippen LogP) is 1.75.